The maximum Gasteiger partial charge on any atom is 0.261 e. The van der Waals surface area contributed by atoms with E-state index in [1.807, 2.05) is 18.2 Å². The van der Waals surface area contributed by atoms with Gasteiger partial charge >= 0.3 is 0 Å². The van der Waals surface area contributed by atoms with Crippen LogP contribution in [0.2, 0.25) is 5.02 Å². The van der Waals surface area contributed by atoms with Gasteiger partial charge in [-0.15, -0.1) is 0 Å². The largest absolute Gasteiger partial charge is 0.378 e. The van der Waals surface area contributed by atoms with Crippen molar-refractivity contribution >= 4 is 50.9 Å². The minimum absolute atomic E-state index is 0.0184. The highest BCUT2D eigenvalue weighted by molar-refractivity contribution is 6.31. The zero-order valence-electron chi connectivity index (χ0n) is 17.4. The fourth-order valence-corrected chi connectivity index (χ4v) is 4.74. The molecule has 2 aromatic heterocycles. The number of rotatable bonds is 2. The van der Waals surface area contributed by atoms with Crippen LogP contribution in [0.15, 0.2) is 53.3 Å². The standard InChI is InChI=1S/C25H21ClN4O2/c26-19-5-6-20-22(15-19)28-24-17(7-8-30(24)25(20)31)14-18-13-16-3-1-2-4-21(16)27-23(18)29-9-11-32-12-10-29/h1-6,13-15H,7-12H2/b17-14+. The number of hydrogen-bond donors (Lipinski definition) is 0. The Kier molecular flexibility index (Phi) is 4.70. The number of morpholine rings is 1. The first-order valence-corrected chi connectivity index (χ1v) is 11.2. The van der Waals surface area contributed by atoms with Gasteiger partial charge in [0.2, 0.25) is 0 Å². The van der Waals surface area contributed by atoms with E-state index in [9.17, 15) is 4.79 Å². The number of allylic oxidation sites excluding steroid dienone is 1. The van der Waals surface area contributed by atoms with Crippen molar-refractivity contribution in [1.29, 1.82) is 0 Å². The summed E-state index contributed by atoms with van der Waals surface area (Å²) in [5.74, 6) is 1.66. The minimum atomic E-state index is -0.0184. The Morgan fingerprint density at radius 3 is 2.69 bits per heavy atom. The Bertz CT molecular complexity index is 1450. The number of para-hydroxylation sites is 1. The van der Waals surface area contributed by atoms with Crippen LogP contribution in [0.25, 0.3) is 33.5 Å². The molecule has 6 rings (SSSR count). The van der Waals surface area contributed by atoms with E-state index in [1.165, 1.54) is 0 Å². The van der Waals surface area contributed by atoms with Crippen molar-refractivity contribution < 1.29 is 4.74 Å². The monoisotopic (exact) mass is 444 g/mol. The number of aromatic nitrogens is 3. The van der Waals surface area contributed by atoms with Crippen LogP contribution in [0.5, 0.6) is 0 Å². The SMILES string of the molecule is O=c1c2ccc(Cl)cc2nc2n1CC/C2=C\c1cc2ccccc2nc1N1CCOCC1. The number of nitrogens with zero attached hydrogens (tertiary/aromatic N) is 4. The van der Waals surface area contributed by atoms with Crippen LogP contribution in [0.1, 0.15) is 17.8 Å². The number of anilines is 1. The Morgan fingerprint density at radius 2 is 1.81 bits per heavy atom. The molecule has 2 aromatic carbocycles. The number of fused-ring (bicyclic) bond motifs is 3. The Morgan fingerprint density at radius 1 is 0.969 bits per heavy atom. The summed E-state index contributed by atoms with van der Waals surface area (Å²) in [7, 11) is 0. The van der Waals surface area contributed by atoms with Crippen molar-refractivity contribution in [2.24, 2.45) is 0 Å². The summed E-state index contributed by atoms with van der Waals surface area (Å²) in [4.78, 5) is 25.1. The molecule has 32 heavy (non-hydrogen) atoms. The molecule has 0 atom stereocenters. The second-order valence-corrected chi connectivity index (χ2v) is 8.60. The van der Waals surface area contributed by atoms with Gasteiger partial charge in [0.15, 0.2) is 0 Å². The van der Waals surface area contributed by atoms with E-state index in [0.29, 0.717) is 41.5 Å². The second-order valence-electron chi connectivity index (χ2n) is 8.17. The van der Waals surface area contributed by atoms with Crippen LogP contribution in [0.3, 0.4) is 0 Å². The van der Waals surface area contributed by atoms with E-state index in [2.05, 4.69) is 23.1 Å². The number of hydrogen-bond acceptors (Lipinski definition) is 5. The predicted molar refractivity (Wildman–Crippen MR) is 128 cm³/mol. The summed E-state index contributed by atoms with van der Waals surface area (Å²) < 4.78 is 7.32. The smallest absolute Gasteiger partial charge is 0.261 e. The van der Waals surface area contributed by atoms with E-state index >= 15 is 0 Å². The van der Waals surface area contributed by atoms with Crippen LogP contribution in [0.4, 0.5) is 5.82 Å². The molecule has 6 nitrogen and oxygen atoms in total. The molecule has 0 unspecified atom stereocenters. The molecule has 1 fully saturated rings. The molecule has 2 aliphatic heterocycles. The van der Waals surface area contributed by atoms with Gasteiger partial charge in [0.1, 0.15) is 11.6 Å². The number of benzene rings is 2. The van der Waals surface area contributed by atoms with E-state index in [-0.39, 0.29) is 5.56 Å². The Balaban J connectivity index is 1.53. The lowest BCUT2D eigenvalue weighted by Crippen LogP contribution is -2.37. The van der Waals surface area contributed by atoms with Crippen LogP contribution in [0, 0.1) is 0 Å². The molecule has 7 heteroatoms. The van der Waals surface area contributed by atoms with Crippen LogP contribution >= 0.6 is 11.6 Å². The van der Waals surface area contributed by atoms with Crippen LogP contribution in [-0.2, 0) is 11.3 Å². The zero-order chi connectivity index (χ0) is 21.7. The van der Waals surface area contributed by atoms with Gasteiger partial charge in [-0.05, 0) is 48.4 Å². The van der Waals surface area contributed by atoms with Crippen LogP contribution in [-0.4, -0.2) is 40.8 Å². The lowest BCUT2D eigenvalue weighted by Gasteiger charge is -2.29. The lowest BCUT2D eigenvalue weighted by molar-refractivity contribution is 0.122. The van der Waals surface area contributed by atoms with Gasteiger partial charge in [0, 0.05) is 35.6 Å². The summed E-state index contributed by atoms with van der Waals surface area (Å²) >= 11 is 6.16. The van der Waals surface area contributed by atoms with Gasteiger partial charge in [0.25, 0.3) is 5.56 Å². The first-order chi connectivity index (χ1) is 15.7. The average molecular weight is 445 g/mol. The fourth-order valence-electron chi connectivity index (χ4n) is 4.57. The molecule has 2 aliphatic rings. The third-order valence-electron chi connectivity index (χ3n) is 6.18. The minimum Gasteiger partial charge on any atom is -0.378 e. The molecule has 1 saturated heterocycles. The van der Waals surface area contributed by atoms with Crippen molar-refractivity contribution in [3.63, 3.8) is 0 Å². The highest BCUT2D eigenvalue weighted by Gasteiger charge is 2.23. The first-order valence-electron chi connectivity index (χ1n) is 10.8. The topological polar surface area (TPSA) is 60.2 Å². The summed E-state index contributed by atoms with van der Waals surface area (Å²) in [5.41, 5.74) is 3.66. The first kappa shape index (κ1) is 19.5. The molecular weight excluding hydrogens is 424 g/mol. The molecule has 160 valence electrons. The Hall–Kier alpha value is -3.22. The van der Waals surface area contributed by atoms with Gasteiger partial charge in [-0.2, -0.15) is 0 Å². The van der Waals surface area contributed by atoms with Gasteiger partial charge in [0.05, 0.1) is 29.6 Å². The number of halogens is 1. The molecule has 0 bridgehead atoms. The van der Waals surface area contributed by atoms with Crippen LogP contribution < -0.4 is 10.5 Å². The van der Waals surface area contributed by atoms with E-state index in [0.717, 1.165) is 47.4 Å². The normalized spacial score (nSPS) is 17.4. The van der Waals surface area contributed by atoms with E-state index in [4.69, 9.17) is 26.3 Å². The molecule has 0 saturated carbocycles. The van der Waals surface area contributed by atoms with Crippen molar-refractivity contribution in [3.05, 3.63) is 75.3 Å². The van der Waals surface area contributed by atoms with E-state index < -0.39 is 0 Å². The maximum absolute atomic E-state index is 13.0. The van der Waals surface area contributed by atoms with E-state index in [1.54, 1.807) is 22.8 Å². The van der Waals surface area contributed by atoms with Crippen molar-refractivity contribution in [1.82, 2.24) is 14.5 Å². The van der Waals surface area contributed by atoms with Gasteiger partial charge < -0.3 is 9.64 Å². The number of pyridine rings is 1. The summed E-state index contributed by atoms with van der Waals surface area (Å²) in [6.07, 6.45) is 2.90. The molecule has 0 spiro atoms. The quantitative estimate of drug-likeness (QED) is 0.459. The third-order valence-corrected chi connectivity index (χ3v) is 6.42. The summed E-state index contributed by atoms with van der Waals surface area (Å²) in [6, 6.07) is 15.6. The van der Waals surface area contributed by atoms with Gasteiger partial charge in [-0.25, -0.2) is 9.97 Å². The molecule has 4 heterocycles. The molecule has 4 aromatic rings. The van der Waals surface area contributed by atoms with Crippen molar-refractivity contribution in [3.8, 4) is 0 Å². The molecule has 0 aliphatic carbocycles. The summed E-state index contributed by atoms with van der Waals surface area (Å²) in [6.45, 7) is 3.62. The molecule has 0 N–H and O–H groups in total. The van der Waals surface area contributed by atoms with Gasteiger partial charge in [-0.3, -0.25) is 9.36 Å². The van der Waals surface area contributed by atoms with Crippen molar-refractivity contribution in [2.45, 2.75) is 13.0 Å². The zero-order valence-corrected chi connectivity index (χ0v) is 18.2. The maximum atomic E-state index is 13.0. The predicted octanol–water partition coefficient (Wildman–Crippen LogP) is 4.38. The van der Waals surface area contributed by atoms with Gasteiger partial charge in [-0.1, -0.05) is 29.8 Å². The fraction of sp³-hybridized carbons (Fsp3) is 0.240. The highest BCUT2D eigenvalue weighted by Crippen LogP contribution is 2.32. The number of ether oxygens (including phenoxy) is 1. The van der Waals surface area contributed by atoms with Crippen molar-refractivity contribution in [2.75, 3.05) is 31.2 Å². The second kappa shape index (κ2) is 7.73. The molecule has 0 amide bonds. The molecular formula is C25H21ClN4O2. The lowest BCUT2D eigenvalue weighted by atomic mass is 10.1. The third kappa shape index (κ3) is 3.27. The molecule has 0 radical (unpaired) electrons. The summed E-state index contributed by atoms with van der Waals surface area (Å²) in [5, 5.41) is 2.26. The average Bonchev–Trinajstić information content (AvgIpc) is 3.22. The highest BCUT2D eigenvalue weighted by atomic mass is 35.5. The Labute approximate surface area is 189 Å².